The van der Waals surface area contributed by atoms with Crippen molar-refractivity contribution in [3.05, 3.63) is 64.7 Å². The molecule has 0 N–H and O–H groups in total. The summed E-state index contributed by atoms with van der Waals surface area (Å²) in [6.45, 7) is 1.55. The third-order valence-electron chi connectivity index (χ3n) is 8.61. The molecule has 0 saturated heterocycles. The number of hydrogen-bond acceptors (Lipinski definition) is 6. The average Bonchev–Trinajstić information content (AvgIpc) is 3.44. The Hall–Kier alpha value is -3.92. The molecule has 0 radical (unpaired) electrons. The Morgan fingerprint density at radius 1 is 1.12 bits per heavy atom. The first kappa shape index (κ1) is 26.9. The van der Waals surface area contributed by atoms with Gasteiger partial charge in [0.1, 0.15) is 12.2 Å². The zero-order valence-electron chi connectivity index (χ0n) is 22.1. The van der Waals surface area contributed by atoms with Crippen molar-refractivity contribution in [2.24, 2.45) is 11.3 Å². The summed E-state index contributed by atoms with van der Waals surface area (Å²) in [7, 11) is 0. The van der Waals surface area contributed by atoms with Gasteiger partial charge >= 0.3 is 12.5 Å². The molecule has 220 valence electrons. The minimum absolute atomic E-state index is 0.0232. The summed E-state index contributed by atoms with van der Waals surface area (Å²) in [6, 6.07) is 9.91. The third-order valence-corrected chi connectivity index (χ3v) is 8.61. The second-order valence-electron chi connectivity index (χ2n) is 11.2. The normalized spacial score (nSPS) is 27.3. The van der Waals surface area contributed by atoms with Crippen LogP contribution in [0, 0.1) is 28.5 Å². The van der Waals surface area contributed by atoms with Crippen molar-refractivity contribution < 1.29 is 45.3 Å². The molecule has 2 heterocycles. The van der Waals surface area contributed by atoms with Crippen molar-refractivity contribution in [2.75, 3.05) is 0 Å². The van der Waals surface area contributed by atoms with Crippen molar-refractivity contribution in [1.82, 2.24) is 9.78 Å². The molecule has 0 amide bonds. The molecule has 13 heteroatoms. The highest BCUT2D eigenvalue weighted by atomic mass is 19.4. The van der Waals surface area contributed by atoms with Gasteiger partial charge in [0.25, 0.3) is 0 Å². The lowest BCUT2D eigenvalue weighted by atomic mass is 9.43. The van der Waals surface area contributed by atoms with Gasteiger partial charge in [-0.2, -0.15) is 23.5 Å². The number of aromatic nitrogens is 2. The number of hydrogen-bond donors (Lipinski definition) is 0. The summed E-state index contributed by atoms with van der Waals surface area (Å²) >= 11 is 0. The maximum atomic E-state index is 14.9. The monoisotopic (exact) mass is 591 g/mol. The van der Waals surface area contributed by atoms with Crippen molar-refractivity contribution in [2.45, 2.75) is 69.8 Å². The van der Waals surface area contributed by atoms with Gasteiger partial charge in [-0.05, 0) is 74.8 Å². The van der Waals surface area contributed by atoms with Crippen LogP contribution in [0.3, 0.4) is 0 Å². The standard InChI is InChI=1S/C29H23F6N3O4/c1-14(15-5-8-20-23(9-15)42-29(34,35)41-20)39-22-10-17(6-7-19(22)30)38-24-18(25(37-38)28(31,32)33)3-2-4-21(24)40-26-16-11-27(26,12-16)13-36/h5-10,14,16,21,26H,2-4,11-12H2,1H3/t14-,16?,21?,26?,27?/m0/s1. The first-order chi connectivity index (χ1) is 19.9. The third kappa shape index (κ3) is 4.18. The first-order valence-corrected chi connectivity index (χ1v) is 13.5. The van der Waals surface area contributed by atoms with Crippen LogP contribution in [-0.2, 0) is 17.3 Å². The number of nitriles is 1. The fourth-order valence-corrected chi connectivity index (χ4v) is 6.42. The lowest BCUT2D eigenvalue weighted by Crippen LogP contribution is -2.66. The molecular weight excluding hydrogens is 568 g/mol. The Morgan fingerprint density at radius 3 is 2.57 bits per heavy atom. The number of ether oxygens (including phenoxy) is 4. The van der Waals surface area contributed by atoms with Crippen LogP contribution in [0.2, 0.25) is 0 Å². The first-order valence-electron chi connectivity index (χ1n) is 13.5. The van der Waals surface area contributed by atoms with Crippen LogP contribution in [0.25, 0.3) is 5.69 Å². The Labute approximate surface area is 235 Å². The zero-order chi connectivity index (χ0) is 29.6. The molecular formula is C29H23F6N3O4. The molecule has 42 heavy (non-hydrogen) atoms. The van der Waals surface area contributed by atoms with E-state index in [2.05, 4.69) is 20.6 Å². The topological polar surface area (TPSA) is 78.5 Å². The summed E-state index contributed by atoms with van der Waals surface area (Å²) in [5, 5.41) is 13.5. The van der Waals surface area contributed by atoms with Gasteiger partial charge in [0.05, 0.1) is 29.0 Å². The van der Waals surface area contributed by atoms with E-state index in [0.717, 1.165) is 23.6 Å². The smallest absolute Gasteiger partial charge is 0.483 e. The molecule has 4 aliphatic carbocycles. The van der Waals surface area contributed by atoms with Crippen LogP contribution in [0.1, 0.15) is 67.3 Å². The van der Waals surface area contributed by atoms with Crippen molar-refractivity contribution in [3.8, 4) is 29.0 Å². The Bertz CT molecular complexity index is 1620. The maximum absolute atomic E-state index is 14.9. The average molecular weight is 592 g/mol. The van der Waals surface area contributed by atoms with E-state index in [1.165, 1.54) is 30.3 Å². The van der Waals surface area contributed by atoms with E-state index in [0.29, 0.717) is 18.4 Å². The van der Waals surface area contributed by atoms with Crippen LogP contribution in [0.4, 0.5) is 26.3 Å². The van der Waals surface area contributed by atoms with Gasteiger partial charge < -0.3 is 18.9 Å². The maximum Gasteiger partial charge on any atom is 0.586 e. The largest absolute Gasteiger partial charge is 0.586 e. The van der Waals surface area contributed by atoms with E-state index in [-0.39, 0.29) is 52.6 Å². The number of halogens is 6. The van der Waals surface area contributed by atoms with Gasteiger partial charge in [0.2, 0.25) is 0 Å². The number of alkyl halides is 5. The summed E-state index contributed by atoms with van der Waals surface area (Å²) in [5.74, 6) is -1.22. The highest BCUT2D eigenvalue weighted by Crippen LogP contribution is 2.66. The van der Waals surface area contributed by atoms with Gasteiger partial charge in [-0.15, -0.1) is 8.78 Å². The summed E-state index contributed by atoms with van der Waals surface area (Å²) in [6.07, 6.45) is -7.96. The summed E-state index contributed by atoms with van der Waals surface area (Å²) in [4.78, 5) is 0. The van der Waals surface area contributed by atoms with E-state index >= 15 is 0 Å². The SMILES string of the molecule is C[C@H](Oc1cc(-n2nc(C(F)(F)F)c3c2C(OC2C4CC2(C#N)C4)CCC3)ccc1F)c1ccc2c(c1)OC(F)(F)O2. The molecule has 1 aliphatic heterocycles. The fraction of sp³-hybridized carbons (Fsp3) is 0.448. The van der Waals surface area contributed by atoms with Crippen LogP contribution < -0.4 is 14.2 Å². The van der Waals surface area contributed by atoms with E-state index < -0.39 is 41.6 Å². The minimum Gasteiger partial charge on any atom is -0.483 e. The van der Waals surface area contributed by atoms with Crippen LogP contribution in [0.5, 0.6) is 17.2 Å². The Morgan fingerprint density at radius 2 is 1.88 bits per heavy atom. The quantitative estimate of drug-likeness (QED) is 0.283. The second-order valence-corrected chi connectivity index (χ2v) is 11.2. The summed E-state index contributed by atoms with van der Waals surface area (Å²) < 4.78 is 106. The van der Waals surface area contributed by atoms with Gasteiger partial charge in [-0.3, -0.25) is 0 Å². The van der Waals surface area contributed by atoms with Gasteiger partial charge in [-0.1, -0.05) is 6.07 Å². The minimum atomic E-state index is -4.73. The molecule has 2 unspecified atom stereocenters. The van der Waals surface area contributed by atoms with Crippen LogP contribution >= 0.6 is 0 Å². The number of nitrogens with zero attached hydrogens (tertiary/aromatic N) is 3. The van der Waals surface area contributed by atoms with Crippen molar-refractivity contribution in [1.29, 1.82) is 5.26 Å². The Balaban J connectivity index is 1.21. The molecule has 3 fully saturated rings. The highest BCUT2D eigenvalue weighted by molar-refractivity contribution is 5.47. The van der Waals surface area contributed by atoms with E-state index in [4.69, 9.17) is 9.47 Å². The number of fused-ring (bicyclic) bond motifs is 2. The van der Waals surface area contributed by atoms with E-state index in [1.807, 2.05) is 0 Å². The molecule has 1 aromatic heterocycles. The number of benzene rings is 2. The molecule has 2 aromatic carbocycles. The lowest BCUT2D eigenvalue weighted by molar-refractivity contribution is -0.286. The fourth-order valence-electron chi connectivity index (χ4n) is 6.42. The predicted molar refractivity (Wildman–Crippen MR) is 132 cm³/mol. The van der Waals surface area contributed by atoms with Gasteiger partial charge in [-0.25, -0.2) is 9.07 Å². The molecule has 3 atom stereocenters. The molecule has 3 saturated carbocycles. The van der Waals surface area contributed by atoms with Crippen molar-refractivity contribution in [3.63, 3.8) is 0 Å². The molecule has 3 aromatic rings. The Kier molecular flexibility index (Phi) is 5.80. The lowest BCUT2D eigenvalue weighted by Gasteiger charge is -2.64. The van der Waals surface area contributed by atoms with Crippen LogP contribution in [0.15, 0.2) is 36.4 Å². The van der Waals surface area contributed by atoms with Crippen molar-refractivity contribution >= 4 is 0 Å². The highest BCUT2D eigenvalue weighted by Gasteiger charge is 2.68. The number of rotatable bonds is 6. The van der Waals surface area contributed by atoms with Crippen LogP contribution in [-0.4, -0.2) is 22.2 Å². The molecule has 7 nitrogen and oxygen atoms in total. The summed E-state index contributed by atoms with van der Waals surface area (Å²) in [5.41, 5.74) is -0.866. The molecule has 8 rings (SSSR count). The zero-order valence-corrected chi connectivity index (χ0v) is 22.1. The molecule has 2 bridgehead atoms. The molecule has 0 spiro atoms. The van der Waals surface area contributed by atoms with E-state index in [9.17, 15) is 31.6 Å². The van der Waals surface area contributed by atoms with E-state index in [1.54, 1.807) is 6.92 Å². The second kappa shape index (κ2) is 9.04. The predicted octanol–water partition coefficient (Wildman–Crippen LogP) is 7.19. The molecule has 5 aliphatic rings. The van der Waals surface area contributed by atoms with Gasteiger partial charge in [0, 0.05) is 11.6 Å². The van der Waals surface area contributed by atoms with Gasteiger partial charge in [0.15, 0.2) is 28.8 Å².